The van der Waals surface area contributed by atoms with Gasteiger partial charge in [0.15, 0.2) is 11.6 Å². The second-order valence-corrected chi connectivity index (χ2v) is 5.27. The highest BCUT2D eigenvalue weighted by Crippen LogP contribution is 2.25. The van der Waals surface area contributed by atoms with E-state index in [4.69, 9.17) is 10.5 Å². The van der Waals surface area contributed by atoms with Crippen LogP contribution in [0.4, 0.5) is 4.39 Å². The summed E-state index contributed by atoms with van der Waals surface area (Å²) in [6, 6.07) is 5.45. The fourth-order valence-electron chi connectivity index (χ4n) is 2.69. The molecule has 1 aliphatic rings. The highest BCUT2D eigenvalue weighted by Gasteiger charge is 2.24. The number of benzene rings is 1. The zero-order valence-electron chi connectivity index (χ0n) is 11.7. The minimum Gasteiger partial charge on any atom is -0.494 e. The molecule has 0 saturated heterocycles. The Bertz CT molecular complexity index is 471. The van der Waals surface area contributed by atoms with E-state index < -0.39 is 0 Å². The second-order valence-electron chi connectivity index (χ2n) is 5.27. The summed E-state index contributed by atoms with van der Waals surface area (Å²) in [5.41, 5.74) is 5.91. The van der Waals surface area contributed by atoms with Gasteiger partial charge in [0.05, 0.1) is 7.11 Å². The van der Waals surface area contributed by atoms with Crippen LogP contribution < -0.4 is 15.8 Å². The fourth-order valence-corrected chi connectivity index (χ4v) is 2.69. The maximum absolute atomic E-state index is 14.0. The highest BCUT2D eigenvalue weighted by atomic mass is 19.1. The van der Waals surface area contributed by atoms with E-state index in [2.05, 4.69) is 5.32 Å². The van der Waals surface area contributed by atoms with Gasteiger partial charge in [-0.25, -0.2) is 4.39 Å². The Labute approximate surface area is 118 Å². The van der Waals surface area contributed by atoms with Crippen LogP contribution in [0.25, 0.3) is 0 Å². The lowest BCUT2D eigenvalue weighted by Crippen LogP contribution is -2.36. The molecule has 0 atom stereocenters. The van der Waals surface area contributed by atoms with E-state index >= 15 is 0 Å². The third-order valence-electron chi connectivity index (χ3n) is 3.97. The number of ether oxygens (including phenoxy) is 1. The van der Waals surface area contributed by atoms with Crippen molar-refractivity contribution >= 4 is 5.91 Å². The molecule has 2 rings (SSSR count). The van der Waals surface area contributed by atoms with Crippen LogP contribution >= 0.6 is 0 Å². The Morgan fingerprint density at radius 3 is 2.70 bits per heavy atom. The minimum atomic E-state index is -0.312. The largest absolute Gasteiger partial charge is 0.494 e. The van der Waals surface area contributed by atoms with Gasteiger partial charge in [0, 0.05) is 24.1 Å². The molecule has 1 saturated carbocycles. The normalized spacial score (nSPS) is 22.5. The number of hydrogen-bond acceptors (Lipinski definition) is 3. The fraction of sp³-hybridized carbons (Fsp3) is 0.533. The number of rotatable bonds is 5. The van der Waals surface area contributed by atoms with E-state index in [9.17, 15) is 9.18 Å². The smallest absolute Gasteiger partial charge is 0.220 e. The van der Waals surface area contributed by atoms with Crippen LogP contribution in [0.15, 0.2) is 18.2 Å². The van der Waals surface area contributed by atoms with Crippen LogP contribution in [0.2, 0.25) is 0 Å². The van der Waals surface area contributed by atoms with E-state index in [1.807, 2.05) is 0 Å². The Morgan fingerprint density at radius 2 is 2.10 bits per heavy atom. The van der Waals surface area contributed by atoms with Crippen molar-refractivity contribution in [3.05, 3.63) is 29.6 Å². The first kappa shape index (κ1) is 14.8. The lowest BCUT2D eigenvalue weighted by atomic mass is 9.85. The molecule has 0 bridgehead atoms. The van der Waals surface area contributed by atoms with Crippen LogP contribution in [0, 0.1) is 11.7 Å². The van der Waals surface area contributed by atoms with Crippen LogP contribution in [0.1, 0.15) is 31.2 Å². The first-order valence-electron chi connectivity index (χ1n) is 6.96. The highest BCUT2D eigenvalue weighted by molar-refractivity contribution is 5.76. The van der Waals surface area contributed by atoms with Gasteiger partial charge in [-0.2, -0.15) is 0 Å². The molecule has 20 heavy (non-hydrogen) atoms. The molecule has 0 unspecified atom stereocenters. The molecule has 1 amide bonds. The molecule has 0 heterocycles. The van der Waals surface area contributed by atoms with Gasteiger partial charge in [-0.15, -0.1) is 0 Å². The van der Waals surface area contributed by atoms with Crippen LogP contribution in [-0.4, -0.2) is 19.1 Å². The predicted octanol–water partition coefficient (Wildman–Crippen LogP) is 1.97. The summed E-state index contributed by atoms with van der Waals surface area (Å²) in [4.78, 5) is 11.1. The summed E-state index contributed by atoms with van der Waals surface area (Å²) in [5, 5.41) is 3.34. The second kappa shape index (κ2) is 6.70. The summed E-state index contributed by atoms with van der Waals surface area (Å²) in [5.74, 6) is -0.251. The Kier molecular flexibility index (Phi) is 4.95. The molecule has 5 heteroatoms. The van der Waals surface area contributed by atoms with Crippen molar-refractivity contribution in [1.29, 1.82) is 0 Å². The zero-order chi connectivity index (χ0) is 14.5. The lowest BCUT2D eigenvalue weighted by Gasteiger charge is -2.27. The van der Waals surface area contributed by atoms with Crippen molar-refractivity contribution in [1.82, 2.24) is 5.32 Å². The average Bonchev–Trinajstić information content (AvgIpc) is 2.46. The molecule has 1 aromatic rings. The Balaban J connectivity index is 1.86. The first-order valence-corrected chi connectivity index (χ1v) is 6.96. The third kappa shape index (κ3) is 3.48. The van der Waals surface area contributed by atoms with Crippen molar-refractivity contribution in [3.63, 3.8) is 0 Å². The summed E-state index contributed by atoms with van der Waals surface area (Å²) < 4.78 is 18.9. The lowest BCUT2D eigenvalue weighted by molar-refractivity contribution is -0.122. The van der Waals surface area contributed by atoms with Gasteiger partial charge < -0.3 is 15.8 Å². The molecule has 4 nitrogen and oxygen atoms in total. The van der Waals surface area contributed by atoms with Crippen molar-refractivity contribution in [2.75, 3.05) is 7.11 Å². The van der Waals surface area contributed by atoms with Crippen LogP contribution in [0.5, 0.6) is 5.75 Å². The van der Waals surface area contributed by atoms with Crippen molar-refractivity contribution in [2.45, 2.75) is 38.3 Å². The molecule has 3 N–H and O–H groups in total. The van der Waals surface area contributed by atoms with Crippen LogP contribution in [0.3, 0.4) is 0 Å². The number of amides is 1. The van der Waals surface area contributed by atoms with E-state index in [0.29, 0.717) is 18.2 Å². The standard InChI is InChI=1S/C15H21FN2O2/c1-20-13-4-2-3-11(14(13)16)9-18-12-7-5-10(6-8-12)15(17)19/h2-4,10,12,18H,5-9H2,1H3,(H2,17,19). The number of primary amides is 1. The van der Waals surface area contributed by atoms with Gasteiger partial charge in [0.2, 0.25) is 5.91 Å². The Morgan fingerprint density at radius 1 is 1.40 bits per heavy atom. The number of carbonyl (C=O) groups is 1. The monoisotopic (exact) mass is 280 g/mol. The zero-order valence-corrected chi connectivity index (χ0v) is 11.7. The third-order valence-corrected chi connectivity index (χ3v) is 3.97. The number of nitrogens with two attached hydrogens (primary N) is 1. The van der Waals surface area contributed by atoms with Crippen molar-refractivity contribution < 1.29 is 13.9 Å². The maximum atomic E-state index is 14.0. The van der Waals surface area contributed by atoms with Crippen molar-refractivity contribution in [2.24, 2.45) is 11.7 Å². The van der Waals surface area contributed by atoms with Crippen LogP contribution in [-0.2, 0) is 11.3 Å². The number of hydrogen-bond donors (Lipinski definition) is 2. The molecule has 0 radical (unpaired) electrons. The molecular formula is C15H21FN2O2. The van der Waals surface area contributed by atoms with Gasteiger partial charge in [-0.05, 0) is 31.7 Å². The van der Waals surface area contributed by atoms with E-state index in [1.165, 1.54) is 7.11 Å². The topological polar surface area (TPSA) is 64.3 Å². The molecule has 0 aromatic heterocycles. The molecule has 110 valence electrons. The summed E-state index contributed by atoms with van der Waals surface area (Å²) in [6.45, 7) is 0.467. The molecule has 1 fully saturated rings. The molecule has 1 aromatic carbocycles. The van der Waals surface area contributed by atoms with Gasteiger partial charge in [-0.1, -0.05) is 12.1 Å². The number of carbonyl (C=O) groups excluding carboxylic acids is 1. The summed E-state index contributed by atoms with van der Waals surface area (Å²) >= 11 is 0. The van der Waals surface area contributed by atoms with Crippen molar-refractivity contribution in [3.8, 4) is 5.75 Å². The molecule has 0 spiro atoms. The Hall–Kier alpha value is -1.62. The molecule has 0 aliphatic heterocycles. The first-order chi connectivity index (χ1) is 9.61. The quantitative estimate of drug-likeness (QED) is 0.866. The SMILES string of the molecule is COc1cccc(CNC2CCC(C(N)=O)CC2)c1F. The van der Waals surface area contributed by atoms with Gasteiger partial charge >= 0.3 is 0 Å². The average molecular weight is 280 g/mol. The van der Waals surface area contributed by atoms with E-state index in [0.717, 1.165) is 25.7 Å². The number of halogens is 1. The van der Waals surface area contributed by atoms with E-state index in [1.54, 1.807) is 18.2 Å². The number of methoxy groups -OCH3 is 1. The van der Waals surface area contributed by atoms with Gasteiger partial charge in [-0.3, -0.25) is 4.79 Å². The molecular weight excluding hydrogens is 259 g/mol. The summed E-state index contributed by atoms with van der Waals surface area (Å²) in [7, 11) is 1.46. The van der Waals surface area contributed by atoms with Gasteiger partial charge in [0.25, 0.3) is 0 Å². The van der Waals surface area contributed by atoms with Gasteiger partial charge in [0.1, 0.15) is 0 Å². The predicted molar refractivity (Wildman–Crippen MR) is 74.7 cm³/mol. The molecule has 1 aliphatic carbocycles. The van der Waals surface area contributed by atoms with E-state index in [-0.39, 0.29) is 23.4 Å². The maximum Gasteiger partial charge on any atom is 0.220 e. The minimum absolute atomic E-state index is 0.00149. The summed E-state index contributed by atoms with van der Waals surface area (Å²) in [6.07, 6.45) is 3.43. The number of nitrogens with one attached hydrogen (secondary N) is 1.